The Morgan fingerprint density at radius 3 is 1.65 bits per heavy atom. The molecule has 92 valence electrons. The lowest BCUT2D eigenvalue weighted by Gasteiger charge is -2.09. The van der Waals surface area contributed by atoms with Crippen LogP contribution >= 0.6 is 0 Å². The van der Waals surface area contributed by atoms with Gasteiger partial charge in [-0.25, -0.2) is 22.0 Å². The van der Waals surface area contributed by atoms with Crippen LogP contribution in [-0.4, -0.2) is 5.91 Å². The van der Waals surface area contributed by atoms with Gasteiger partial charge in [0.05, 0.1) is 0 Å². The highest BCUT2D eigenvalue weighted by Gasteiger charge is 2.26. The van der Waals surface area contributed by atoms with E-state index in [-0.39, 0.29) is 5.57 Å². The summed E-state index contributed by atoms with van der Waals surface area (Å²) in [5.41, 5.74) is -1.54. The number of carbonyl (C=O) groups is 1. The molecule has 1 aromatic rings. The van der Waals surface area contributed by atoms with Crippen molar-refractivity contribution in [2.24, 2.45) is 0 Å². The standard InChI is InChI=1S/C10H6F5NO/c1-3(2)10(17)16-9-7(14)5(12)4(11)6(13)8(9)15/h1H2,2H3,(H,16,17). The van der Waals surface area contributed by atoms with Crippen molar-refractivity contribution in [3.63, 3.8) is 0 Å². The summed E-state index contributed by atoms with van der Waals surface area (Å²) in [7, 11) is 0. The van der Waals surface area contributed by atoms with Gasteiger partial charge in [0.2, 0.25) is 5.82 Å². The first-order valence-electron chi connectivity index (χ1n) is 4.25. The van der Waals surface area contributed by atoms with E-state index < -0.39 is 40.7 Å². The van der Waals surface area contributed by atoms with Crippen LogP contribution in [0.25, 0.3) is 0 Å². The van der Waals surface area contributed by atoms with E-state index in [0.29, 0.717) is 0 Å². The fourth-order valence-corrected chi connectivity index (χ4v) is 0.935. The average molecular weight is 251 g/mol. The van der Waals surface area contributed by atoms with Crippen molar-refractivity contribution in [2.75, 3.05) is 5.32 Å². The monoisotopic (exact) mass is 251 g/mol. The molecule has 2 nitrogen and oxygen atoms in total. The lowest BCUT2D eigenvalue weighted by atomic mass is 10.2. The third-order valence-electron chi connectivity index (χ3n) is 1.84. The van der Waals surface area contributed by atoms with E-state index in [1.165, 1.54) is 6.92 Å². The average Bonchev–Trinajstić information content (AvgIpc) is 2.29. The number of nitrogens with one attached hydrogen (secondary N) is 1. The highest BCUT2D eigenvalue weighted by Crippen LogP contribution is 2.27. The summed E-state index contributed by atoms with van der Waals surface area (Å²) in [5, 5.41) is 1.55. The molecule has 0 atom stereocenters. The van der Waals surface area contributed by atoms with Crippen molar-refractivity contribution >= 4 is 11.6 Å². The zero-order chi connectivity index (χ0) is 13.3. The van der Waals surface area contributed by atoms with Gasteiger partial charge in [0.15, 0.2) is 23.3 Å². The molecular formula is C10H6F5NO. The van der Waals surface area contributed by atoms with E-state index in [9.17, 15) is 26.7 Å². The van der Waals surface area contributed by atoms with Gasteiger partial charge in [-0.1, -0.05) is 6.58 Å². The molecule has 0 aromatic heterocycles. The lowest BCUT2D eigenvalue weighted by molar-refractivity contribution is -0.112. The first-order valence-corrected chi connectivity index (χ1v) is 4.25. The van der Waals surface area contributed by atoms with Crippen molar-refractivity contribution < 1.29 is 26.7 Å². The van der Waals surface area contributed by atoms with E-state index in [4.69, 9.17) is 0 Å². The molecule has 0 radical (unpaired) electrons. The molecule has 0 bridgehead atoms. The van der Waals surface area contributed by atoms with Gasteiger partial charge in [-0.2, -0.15) is 0 Å². The summed E-state index contributed by atoms with van der Waals surface area (Å²) in [4.78, 5) is 11.0. The third kappa shape index (κ3) is 2.27. The van der Waals surface area contributed by atoms with Crippen molar-refractivity contribution in [2.45, 2.75) is 6.92 Å². The minimum Gasteiger partial charge on any atom is -0.317 e. The molecule has 0 heterocycles. The largest absolute Gasteiger partial charge is 0.317 e. The van der Waals surface area contributed by atoms with Gasteiger partial charge in [0, 0.05) is 5.57 Å². The van der Waals surface area contributed by atoms with E-state index in [2.05, 4.69) is 6.58 Å². The topological polar surface area (TPSA) is 29.1 Å². The molecule has 1 amide bonds. The van der Waals surface area contributed by atoms with Crippen LogP contribution in [0.15, 0.2) is 12.2 Å². The summed E-state index contributed by atoms with van der Waals surface area (Å²) in [6, 6.07) is 0. The normalized spacial score (nSPS) is 10.2. The number of hydrogen-bond acceptors (Lipinski definition) is 1. The Kier molecular flexibility index (Phi) is 3.50. The lowest BCUT2D eigenvalue weighted by Crippen LogP contribution is -2.17. The molecule has 0 saturated carbocycles. The van der Waals surface area contributed by atoms with Crippen LogP contribution in [0.2, 0.25) is 0 Å². The van der Waals surface area contributed by atoms with Gasteiger partial charge >= 0.3 is 0 Å². The van der Waals surface area contributed by atoms with Crippen LogP contribution in [-0.2, 0) is 4.79 Å². The summed E-state index contributed by atoms with van der Waals surface area (Å²) in [6.07, 6.45) is 0. The number of hydrogen-bond donors (Lipinski definition) is 1. The molecule has 0 fully saturated rings. The number of anilines is 1. The molecule has 0 aliphatic heterocycles. The molecule has 0 saturated heterocycles. The smallest absolute Gasteiger partial charge is 0.250 e. The number of carbonyl (C=O) groups excluding carboxylic acids is 1. The maximum absolute atomic E-state index is 13.1. The van der Waals surface area contributed by atoms with Gasteiger partial charge < -0.3 is 5.32 Å². The SMILES string of the molecule is C=C(C)C(=O)Nc1c(F)c(F)c(F)c(F)c1F. The van der Waals surface area contributed by atoms with Gasteiger partial charge in [-0.3, -0.25) is 4.79 Å². The minimum absolute atomic E-state index is 0.144. The minimum atomic E-state index is -2.28. The van der Waals surface area contributed by atoms with Gasteiger partial charge in [-0.05, 0) is 6.92 Å². The Bertz CT molecular complexity index is 483. The Morgan fingerprint density at radius 2 is 1.29 bits per heavy atom. The second-order valence-electron chi connectivity index (χ2n) is 3.18. The van der Waals surface area contributed by atoms with Crippen LogP contribution in [0.4, 0.5) is 27.6 Å². The molecule has 0 aliphatic carbocycles. The number of rotatable bonds is 2. The molecule has 0 unspecified atom stereocenters. The maximum atomic E-state index is 13.1. The molecule has 0 aliphatic rings. The van der Waals surface area contributed by atoms with Crippen molar-refractivity contribution in [3.8, 4) is 0 Å². The number of halogens is 5. The Morgan fingerprint density at radius 1 is 0.941 bits per heavy atom. The quantitative estimate of drug-likeness (QED) is 0.372. The molecule has 1 aromatic carbocycles. The maximum Gasteiger partial charge on any atom is 0.250 e. The predicted octanol–water partition coefficient (Wildman–Crippen LogP) is 2.90. The zero-order valence-electron chi connectivity index (χ0n) is 8.51. The van der Waals surface area contributed by atoms with Crippen LogP contribution < -0.4 is 5.32 Å². The molecular weight excluding hydrogens is 245 g/mol. The van der Waals surface area contributed by atoms with Crippen LogP contribution in [0, 0.1) is 29.1 Å². The fraction of sp³-hybridized carbons (Fsp3) is 0.100. The molecule has 1 N–H and O–H groups in total. The van der Waals surface area contributed by atoms with Crippen molar-refractivity contribution in [1.82, 2.24) is 0 Å². The van der Waals surface area contributed by atoms with Crippen molar-refractivity contribution in [3.05, 3.63) is 41.2 Å². The molecule has 1 rings (SSSR count). The number of amides is 1. The molecule has 7 heteroatoms. The zero-order valence-corrected chi connectivity index (χ0v) is 8.51. The summed E-state index contributed by atoms with van der Waals surface area (Å²) < 4.78 is 64.2. The highest BCUT2D eigenvalue weighted by molar-refractivity contribution is 6.02. The summed E-state index contributed by atoms with van der Waals surface area (Å²) in [5.74, 6) is -11.8. The Hall–Kier alpha value is -1.92. The first-order chi connectivity index (χ1) is 7.77. The van der Waals surface area contributed by atoms with Gasteiger partial charge in [0.1, 0.15) is 5.69 Å². The fourth-order valence-electron chi connectivity index (χ4n) is 0.935. The van der Waals surface area contributed by atoms with Gasteiger partial charge in [0.25, 0.3) is 5.91 Å². The first kappa shape index (κ1) is 13.1. The van der Waals surface area contributed by atoms with Crippen molar-refractivity contribution in [1.29, 1.82) is 0 Å². The Balaban J connectivity index is 3.35. The number of benzene rings is 1. The van der Waals surface area contributed by atoms with E-state index >= 15 is 0 Å². The van der Waals surface area contributed by atoms with E-state index in [1.54, 1.807) is 5.32 Å². The Labute approximate surface area is 92.7 Å². The van der Waals surface area contributed by atoms with Crippen LogP contribution in [0.3, 0.4) is 0 Å². The second-order valence-corrected chi connectivity index (χ2v) is 3.18. The summed E-state index contributed by atoms with van der Waals surface area (Å²) >= 11 is 0. The van der Waals surface area contributed by atoms with Gasteiger partial charge in [-0.15, -0.1) is 0 Å². The third-order valence-corrected chi connectivity index (χ3v) is 1.84. The van der Waals surface area contributed by atoms with Crippen LogP contribution in [0.5, 0.6) is 0 Å². The van der Waals surface area contributed by atoms with E-state index in [1.807, 2.05) is 0 Å². The predicted molar refractivity (Wildman–Crippen MR) is 49.7 cm³/mol. The molecule has 17 heavy (non-hydrogen) atoms. The van der Waals surface area contributed by atoms with E-state index in [0.717, 1.165) is 0 Å². The van der Waals surface area contributed by atoms with Crippen LogP contribution in [0.1, 0.15) is 6.92 Å². The molecule has 0 spiro atoms. The summed E-state index contributed by atoms with van der Waals surface area (Å²) in [6.45, 7) is 4.36. The highest BCUT2D eigenvalue weighted by atomic mass is 19.2. The second kappa shape index (κ2) is 4.52.